The van der Waals surface area contributed by atoms with Crippen LogP contribution in [-0.2, 0) is 10.2 Å². The lowest BCUT2D eigenvalue weighted by Crippen LogP contribution is -2.27. The summed E-state index contributed by atoms with van der Waals surface area (Å²) in [7, 11) is 1.64. The van der Waals surface area contributed by atoms with Crippen LogP contribution in [0.2, 0.25) is 0 Å². The van der Waals surface area contributed by atoms with Crippen molar-refractivity contribution in [2.24, 2.45) is 0 Å². The first-order chi connectivity index (χ1) is 11.7. The van der Waals surface area contributed by atoms with Gasteiger partial charge in [0, 0.05) is 11.6 Å². The van der Waals surface area contributed by atoms with Crippen LogP contribution in [0.3, 0.4) is 0 Å². The van der Waals surface area contributed by atoms with Gasteiger partial charge in [-0.3, -0.25) is 9.78 Å². The van der Waals surface area contributed by atoms with Crippen molar-refractivity contribution < 1.29 is 9.53 Å². The number of methoxy groups -OCH3 is 1. The molecular weight excluding hydrogens is 300 g/mol. The molecule has 0 saturated heterocycles. The molecule has 0 aliphatic heterocycles. The normalized spacial score (nSPS) is 15.0. The van der Waals surface area contributed by atoms with E-state index in [1.165, 1.54) is 0 Å². The predicted molar refractivity (Wildman–Crippen MR) is 94.3 cm³/mol. The Morgan fingerprint density at radius 2 is 1.83 bits per heavy atom. The van der Waals surface area contributed by atoms with Gasteiger partial charge in [-0.1, -0.05) is 30.3 Å². The van der Waals surface area contributed by atoms with Crippen molar-refractivity contribution >= 4 is 22.5 Å². The molecule has 1 N–H and O–H groups in total. The van der Waals surface area contributed by atoms with Crippen LogP contribution < -0.4 is 10.1 Å². The van der Waals surface area contributed by atoms with Gasteiger partial charge in [-0.05, 0) is 42.7 Å². The lowest BCUT2D eigenvalue weighted by Gasteiger charge is -2.17. The van der Waals surface area contributed by atoms with E-state index >= 15 is 0 Å². The summed E-state index contributed by atoms with van der Waals surface area (Å²) in [5, 5.41) is 4.10. The van der Waals surface area contributed by atoms with Gasteiger partial charge in [0.1, 0.15) is 5.75 Å². The third-order valence-electron chi connectivity index (χ3n) is 4.71. The van der Waals surface area contributed by atoms with Crippen molar-refractivity contribution in [2.45, 2.75) is 18.3 Å². The van der Waals surface area contributed by atoms with E-state index in [-0.39, 0.29) is 5.91 Å². The Kier molecular flexibility index (Phi) is 3.45. The predicted octanol–water partition coefficient (Wildman–Crippen LogP) is 3.91. The number of amides is 1. The Labute approximate surface area is 140 Å². The number of pyridine rings is 1. The van der Waals surface area contributed by atoms with Gasteiger partial charge in [-0.25, -0.2) is 0 Å². The van der Waals surface area contributed by atoms with Gasteiger partial charge in [0.25, 0.3) is 0 Å². The molecule has 0 bridgehead atoms. The van der Waals surface area contributed by atoms with E-state index in [9.17, 15) is 4.79 Å². The molecule has 1 aliphatic carbocycles. The first-order valence-electron chi connectivity index (χ1n) is 8.03. The molecule has 3 aromatic rings. The average Bonchev–Trinajstić information content (AvgIpc) is 3.44. The number of para-hydroxylation sites is 1. The maximum absolute atomic E-state index is 12.9. The molecule has 4 rings (SSSR count). The number of nitrogens with zero attached hydrogens (tertiary/aromatic N) is 1. The van der Waals surface area contributed by atoms with Crippen LogP contribution in [0, 0.1) is 0 Å². The monoisotopic (exact) mass is 318 g/mol. The van der Waals surface area contributed by atoms with Gasteiger partial charge in [-0.2, -0.15) is 0 Å². The highest BCUT2D eigenvalue weighted by molar-refractivity contribution is 6.06. The van der Waals surface area contributed by atoms with E-state index in [4.69, 9.17) is 4.74 Å². The molecule has 1 saturated carbocycles. The minimum Gasteiger partial charge on any atom is -0.497 e. The fourth-order valence-corrected chi connectivity index (χ4v) is 3.13. The van der Waals surface area contributed by atoms with Gasteiger partial charge < -0.3 is 10.1 Å². The number of hydrogen-bond acceptors (Lipinski definition) is 3. The number of anilines is 1. The highest BCUT2D eigenvalue weighted by Gasteiger charge is 2.51. The second kappa shape index (κ2) is 5.64. The van der Waals surface area contributed by atoms with Crippen LogP contribution in [0.25, 0.3) is 10.9 Å². The average molecular weight is 318 g/mol. The second-order valence-corrected chi connectivity index (χ2v) is 6.15. The number of carbonyl (C=O) groups is 1. The molecule has 1 aliphatic rings. The summed E-state index contributed by atoms with van der Waals surface area (Å²) < 4.78 is 5.20. The number of benzene rings is 2. The highest BCUT2D eigenvalue weighted by Crippen LogP contribution is 2.49. The summed E-state index contributed by atoms with van der Waals surface area (Å²) in [6.07, 6.45) is 3.47. The van der Waals surface area contributed by atoms with E-state index in [2.05, 4.69) is 10.3 Å². The summed E-state index contributed by atoms with van der Waals surface area (Å²) in [4.78, 5) is 17.3. The number of fused-ring (bicyclic) bond motifs is 1. The highest BCUT2D eigenvalue weighted by atomic mass is 16.5. The maximum Gasteiger partial charge on any atom is 0.235 e. The van der Waals surface area contributed by atoms with Gasteiger partial charge in [0.05, 0.1) is 23.7 Å². The topological polar surface area (TPSA) is 51.2 Å². The molecule has 1 amide bonds. The number of ether oxygens (including phenoxy) is 1. The third-order valence-corrected chi connectivity index (χ3v) is 4.71. The lowest BCUT2D eigenvalue weighted by atomic mass is 9.94. The Hall–Kier alpha value is -2.88. The number of aromatic nitrogens is 1. The van der Waals surface area contributed by atoms with Crippen molar-refractivity contribution in [3.63, 3.8) is 0 Å². The van der Waals surface area contributed by atoms with Crippen molar-refractivity contribution in [3.05, 3.63) is 66.4 Å². The van der Waals surface area contributed by atoms with Gasteiger partial charge in [0.15, 0.2) is 0 Å². The molecule has 0 radical (unpaired) electrons. The number of nitrogens with one attached hydrogen (secondary N) is 1. The lowest BCUT2D eigenvalue weighted by molar-refractivity contribution is -0.118. The summed E-state index contributed by atoms with van der Waals surface area (Å²) in [6.45, 7) is 0. The first-order valence-corrected chi connectivity index (χ1v) is 8.03. The van der Waals surface area contributed by atoms with Crippen LogP contribution in [0.15, 0.2) is 60.8 Å². The van der Waals surface area contributed by atoms with Gasteiger partial charge in [-0.15, -0.1) is 0 Å². The fraction of sp³-hybridized carbons (Fsp3) is 0.200. The largest absolute Gasteiger partial charge is 0.497 e. The summed E-state index contributed by atoms with van der Waals surface area (Å²) >= 11 is 0. The smallest absolute Gasteiger partial charge is 0.235 e. The summed E-state index contributed by atoms with van der Waals surface area (Å²) in [6, 6.07) is 17.5. The molecule has 1 aromatic heterocycles. The zero-order valence-corrected chi connectivity index (χ0v) is 13.5. The van der Waals surface area contributed by atoms with Crippen molar-refractivity contribution in [2.75, 3.05) is 12.4 Å². The molecule has 4 heteroatoms. The van der Waals surface area contributed by atoms with Crippen LogP contribution in [0.4, 0.5) is 5.69 Å². The molecule has 0 atom stereocenters. The van der Waals surface area contributed by atoms with Crippen LogP contribution in [-0.4, -0.2) is 18.0 Å². The third kappa shape index (κ3) is 2.40. The van der Waals surface area contributed by atoms with Crippen molar-refractivity contribution in [1.82, 2.24) is 4.98 Å². The van der Waals surface area contributed by atoms with E-state index < -0.39 is 5.41 Å². The zero-order valence-electron chi connectivity index (χ0n) is 13.5. The molecular formula is C20H18N2O2. The fourth-order valence-electron chi connectivity index (χ4n) is 3.13. The SMILES string of the molecule is COc1ccc(C2(C(=O)Nc3cccc4cccnc34)CC2)cc1. The van der Waals surface area contributed by atoms with Crippen LogP contribution in [0.1, 0.15) is 18.4 Å². The molecule has 4 nitrogen and oxygen atoms in total. The molecule has 120 valence electrons. The molecule has 2 aromatic carbocycles. The molecule has 0 spiro atoms. The van der Waals surface area contributed by atoms with Crippen LogP contribution in [0.5, 0.6) is 5.75 Å². The van der Waals surface area contributed by atoms with E-state index in [1.54, 1.807) is 13.3 Å². The number of rotatable bonds is 4. The van der Waals surface area contributed by atoms with Crippen LogP contribution >= 0.6 is 0 Å². The Morgan fingerprint density at radius 1 is 1.08 bits per heavy atom. The minimum absolute atomic E-state index is 0.0332. The Bertz CT molecular complexity index is 894. The van der Waals surface area contributed by atoms with Gasteiger partial charge in [0.2, 0.25) is 5.91 Å². The maximum atomic E-state index is 12.9. The van der Waals surface area contributed by atoms with Crippen molar-refractivity contribution in [3.8, 4) is 5.75 Å². The van der Waals surface area contributed by atoms with Gasteiger partial charge >= 0.3 is 0 Å². The molecule has 0 unspecified atom stereocenters. The summed E-state index contributed by atoms with van der Waals surface area (Å²) in [5.74, 6) is 0.832. The Balaban J connectivity index is 1.63. The van der Waals surface area contributed by atoms with E-state index in [0.29, 0.717) is 0 Å². The standard InChI is InChI=1S/C20H18N2O2/c1-24-16-9-7-15(8-10-16)20(11-12-20)19(23)22-17-6-2-4-14-5-3-13-21-18(14)17/h2-10,13H,11-12H2,1H3,(H,22,23). The Morgan fingerprint density at radius 3 is 2.54 bits per heavy atom. The van der Waals surface area contributed by atoms with E-state index in [0.717, 1.165) is 40.7 Å². The quantitative estimate of drug-likeness (QED) is 0.793. The number of hydrogen-bond donors (Lipinski definition) is 1. The molecule has 24 heavy (non-hydrogen) atoms. The minimum atomic E-state index is -0.427. The number of carbonyl (C=O) groups excluding carboxylic acids is 1. The first kappa shape index (κ1) is 14.7. The second-order valence-electron chi connectivity index (χ2n) is 6.15. The summed E-state index contributed by atoms with van der Waals surface area (Å²) in [5.41, 5.74) is 2.19. The van der Waals surface area contributed by atoms with E-state index in [1.807, 2.05) is 54.6 Å². The molecule has 1 heterocycles. The van der Waals surface area contributed by atoms with Crippen molar-refractivity contribution in [1.29, 1.82) is 0 Å². The zero-order chi connectivity index (χ0) is 16.6. The molecule has 1 fully saturated rings.